The molecule has 6 rings (SSSR count). The third-order valence-electron chi connectivity index (χ3n) is 6.04. The van der Waals surface area contributed by atoms with E-state index in [2.05, 4.69) is 5.32 Å². The van der Waals surface area contributed by atoms with Crippen molar-refractivity contribution >= 4 is 17.3 Å². The molecule has 0 bridgehead atoms. The Hall–Kier alpha value is -3.80. The van der Waals surface area contributed by atoms with Gasteiger partial charge < -0.3 is 14.8 Å². The standard InChI is InChI=1S/C24H19N3O3/c1-29-16-12-10-15(11-13-16)20-14-21-17-6-2-5-9-22(17)30-24(27(21)26-20)18-7-3-4-8-19(18)25-23(24)28/h2-13,21H,14H2,1H3,(H,25,28)/t21-,24-/m1/s1. The molecule has 0 fully saturated rings. The molecular weight excluding hydrogens is 378 g/mol. The van der Waals surface area contributed by atoms with Crippen LogP contribution in [0.4, 0.5) is 5.69 Å². The molecule has 3 heterocycles. The number of hydrogen-bond donors (Lipinski definition) is 1. The van der Waals surface area contributed by atoms with Gasteiger partial charge in [0.05, 0.1) is 30.1 Å². The van der Waals surface area contributed by atoms with Crippen LogP contribution in [0.5, 0.6) is 11.5 Å². The third kappa shape index (κ3) is 2.19. The number of rotatable bonds is 2. The maximum absolute atomic E-state index is 13.3. The van der Waals surface area contributed by atoms with Gasteiger partial charge in [-0.3, -0.25) is 4.79 Å². The first-order valence-electron chi connectivity index (χ1n) is 9.91. The molecule has 0 saturated heterocycles. The van der Waals surface area contributed by atoms with E-state index in [1.165, 1.54) is 0 Å². The van der Waals surface area contributed by atoms with Crippen molar-refractivity contribution in [3.8, 4) is 11.5 Å². The highest BCUT2D eigenvalue weighted by Crippen LogP contribution is 2.53. The van der Waals surface area contributed by atoms with Gasteiger partial charge in [0, 0.05) is 12.0 Å². The number of para-hydroxylation sites is 2. The van der Waals surface area contributed by atoms with Crippen molar-refractivity contribution in [3.05, 3.63) is 89.5 Å². The van der Waals surface area contributed by atoms with Gasteiger partial charge in [-0.15, -0.1) is 0 Å². The Labute approximate surface area is 173 Å². The second-order valence-electron chi connectivity index (χ2n) is 7.62. The van der Waals surface area contributed by atoms with Crippen LogP contribution < -0.4 is 14.8 Å². The van der Waals surface area contributed by atoms with Crippen molar-refractivity contribution in [1.82, 2.24) is 5.01 Å². The van der Waals surface area contributed by atoms with Crippen molar-refractivity contribution in [2.45, 2.75) is 18.2 Å². The molecule has 0 unspecified atom stereocenters. The van der Waals surface area contributed by atoms with Gasteiger partial charge in [0.2, 0.25) is 0 Å². The van der Waals surface area contributed by atoms with E-state index in [9.17, 15) is 4.79 Å². The van der Waals surface area contributed by atoms with Crippen LogP contribution in [0.3, 0.4) is 0 Å². The molecule has 1 spiro atoms. The number of fused-ring (bicyclic) bond motifs is 6. The van der Waals surface area contributed by atoms with Crippen molar-refractivity contribution in [1.29, 1.82) is 0 Å². The molecule has 0 aromatic heterocycles. The molecule has 3 aromatic carbocycles. The molecule has 1 amide bonds. The first-order chi connectivity index (χ1) is 14.7. The van der Waals surface area contributed by atoms with Crippen LogP contribution in [-0.4, -0.2) is 23.7 Å². The Balaban J connectivity index is 1.53. The molecule has 0 radical (unpaired) electrons. The first kappa shape index (κ1) is 17.1. The molecule has 148 valence electrons. The van der Waals surface area contributed by atoms with Crippen LogP contribution in [0.1, 0.15) is 29.2 Å². The fourth-order valence-electron chi connectivity index (χ4n) is 4.60. The second-order valence-corrected chi connectivity index (χ2v) is 7.62. The van der Waals surface area contributed by atoms with E-state index in [4.69, 9.17) is 14.6 Å². The van der Waals surface area contributed by atoms with Crippen LogP contribution >= 0.6 is 0 Å². The number of ether oxygens (including phenoxy) is 2. The second kappa shape index (κ2) is 6.10. The maximum Gasteiger partial charge on any atom is 0.306 e. The van der Waals surface area contributed by atoms with E-state index in [0.717, 1.165) is 39.6 Å². The summed E-state index contributed by atoms with van der Waals surface area (Å²) in [5.41, 5.74) is 3.18. The number of carbonyl (C=O) groups excluding carboxylic acids is 1. The SMILES string of the molecule is COc1ccc(C2=NN3[C@H](C2)c2ccccc2O[C@]32C(=O)Nc3ccccc32)cc1. The summed E-state index contributed by atoms with van der Waals surface area (Å²) in [7, 11) is 1.65. The number of anilines is 1. The van der Waals surface area contributed by atoms with Crippen LogP contribution in [0.15, 0.2) is 77.9 Å². The lowest BCUT2D eigenvalue weighted by molar-refractivity contribution is -0.161. The number of hydrazone groups is 1. The predicted octanol–water partition coefficient (Wildman–Crippen LogP) is 4.04. The quantitative estimate of drug-likeness (QED) is 0.709. The molecule has 30 heavy (non-hydrogen) atoms. The molecule has 6 nitrogen and oxygen atoms in total. The number of nitrogens with zero attached hydrogens (tertiary/aromatic N) is 2. The first-order valence-corrected chi connectivity index (χ1v) is 9.91. The predicted molar refractivity (Wildman–Crippen MR) is 113 cm³/mol. The smallest absolute Gasteiger partial charge is 0.306 e. The summed E-state index contributed by atoms with van der Waals surface area (Å²) in [4.78, 5) is 13.3. The van der Waals surface area contributed by atoms with Crippen molar-refractivity contribution in [2.75, 3.05) is 12.4 Å². The molecular formula is C24H19N3O3. The molecule has 0 saturated carbocycles. The highest BCUT2D eigenvalue weighted by atomic mass is 16.5. The topological polar surface area (TPSA) is 63.2 Å². The van der Waals surface area contributed by atoms with Crippen molar-refractivity contribution < 1.29 is 14.3 Å². The fourth-order valence-corrected chi connectivity index (χ4v) is 4.60. The van der Waals surface area contributed by atoms with Crippen molar-refractivity contribution in [2.24, 2.45) is 5.10 Å². The number of carbonyl (C=O) groups is 1. The highest BCUT2D eigenvalue weighted by molar-refractivity contribution is 6.07. The molecule has 3 aliphatic rings. The van der Waals surface area contributed by atoms with Gasteiger partial charge in [0.1, 0.15) is 11.5 Å². The zero-order valence-electron chi connectivity index (χ0n) is 16.3. The lowest BCUT2D eigenvalue weighted by atomic mass is 9.92. The minimum atomic E-state index is -1.32. The number of amides is 1. The highest BCUT2D eigenvalue weighted by Gasteiger charge is 2.60. The lowest BCUT2D eigenvalue weighted by Crippen LogP contribution is -2.55. The van der Waals surface area contributed by atoms with E-state index in [1.807, 2.05) is 77.8 Å². The summed E-state index contributed by atoms with van der Waals surface area (Å²) in [6.07, 6.45) is 0.684. The van der Waals surface area contributed by atoms with Crippen molar-refractivity contribution in [3.63, 3.8) is 0 Å². The van der Waals surface area contributed by atoms with E-state index in [1.54, 1.807) is 7.11 Å². The Morgan fingerprint density at radius 3 is 2.67 bits per heavy atom. The molecule has 2 atom stereocenters. The van der Waals surface area contributed by atoms with E-state index in [-0.39, 0.29) is 11.9 Å². The van der Waals surface area contributed by atoms with E-state index >= 15 is 0 Å². The zero-order chi connectivity index (χ0) is 20.3. The number of hydrogen-bond acceptors (Lipinski definition) is 5. The normalized spacial score (nSPS) is 23.2. The monoisotopic (exact) mass is 397 g/mol. The maximum atomic E-state index is 13.3. The van der Waals surface area contributed by atoms with Gasteiger partial charge in [-0.2, -0.15) is 5.10 Å². The minimum Gasteiger partial charge on any atom is -0.497 e. The number of benzene rings is 3. The Bertz CT molecular complexity index is 1200. The third-order valence-corrected chi connectivity index (χ3v) is 6.04. The van der Waals surface area contributed by atoms with Crippen LogP contribution in [0.2, 0.25) is 0 Å². The lowest BCUT2D eigenvalue weighted by Gasteiger charge is -2.43. The van der Waals surface area contributed by atoms with Gasteiger partial charge in [0.25, 0.3) is 5.91 Å². The molecule has 6 heteroatoms. The average molecular weight is 397 g/mol. The molecule has 0 aliphatic carbocycles. The summed E-state index contributed by atoms with van der Waals surface area (Å²) in [6, 6.07) is 23.3. The Kier molecular flexibility index (Phi) is 3.47. The largest absolute Gasteiger partial charge is 0.497 e. The Morgan fingerprint density at radius 1 is 1.07 bits per heavy atom. The fraction of sp³-hybridized carbons (Fsp3) is 0.167. The Morgan fingerprint density at radius 2 is 1.83 bits per heavy atom. The van der Waals surface area contributed by atoms with Gasteiger partial charge in [-0.05, 0) is 42.0 Å². The van der Waals surface area contributed by atoms with E-state index < -0.39 is 5.72 Å². The molecule has 3 aliphatic heterocycles. The van der Waals surface area contributed by atoms with Crippen LogP contribution in [-0.2, 0) is 10.5 Å². The number of methoxy groups -OCH3 is 1. The summed E-state index contributed by atoms with van der Waals surface area (Å²) in [5.74, 6) is 1.30. The molecule has 3 aromatic rings. The number of nitrogens with one attached hydrogen (secondary N) is 1. The molecule has 1 N–H and O–H groups in total. The minimum absolute atomic E-state index is 0.0936. The van der Waals surface area contributed by atoms with Crippen LogP contribution in [0.25, 0.3) is 0 Å². The summed E-state index contributed by atoms with van der Waals surface area (Å²) >= 11 is 0. The summed E-state index contributed by atoms with van der Waals surface area (Å²) in [5, 5.41) is 9.77. The van der Waals surface area contributed by atoms with Gasteiger partial charge in [-0.1, -0.05) is 36.4 Å². The summed E-state index contributed by atoms with van der Waals surface area (Å²) < 4.78 is 11.7. The summed E-state index contributed by atoms with van der Waals surface area (Å²) in [6.45, 7) is 0. The average Bonchev–Trinajstić information content (AvgIpc) is 3.35. The van der Waals surface area contributed by atoms with Gasteiger partial charge in [0.15, 0.2) is 0 Å². The van der Waals surface area contributed by atoms with Gasteiger partial charge in [-0.25, -0.2) is 5.01 Å². The van der Waals surface area contributed by atoms with Crippen LogP contribution in [0, 0.1) is 0 Å². The van der Waals surface area contributed by atoms with E-state index in [0.29, 0.717) is 6.42 Å². The van der Waals surface area contributed by atoms with Gasteiger partial charge >= 0.3 is 5.72 Å². The zero-order valence-corrected chi connectivity index (χ0v) is 16.3.